The van der Waals surface area contributed by atoms with E-state index in [9.17, 15) is 24.8 Å². The zero-order chi connectivity index (χ0) is 20.5. The van der Waals surface area contributed by atoms with Crippen molar-refractivity contribution in [3.63, 3.8) is 0 Å². The Kier molecular flexibility index (Phi) is 7.94. The number of amides is 1. The zero-order valence-electron chi connectivity index (χ0n) is 15.8. The first-order chi connectivity index (χ1) is 13.4. The summed E-state index contributed by atoms with van der Waals surface area (Å²) in [5.74, 6) is -1.50. The lowest BCUT2D eigenvalue weighted by atomic mass is 9.97. The number of carbonyl (C=O) groups excluding carboxylic acids is 1. The van der Waals surface area contributed by atoms with Crippen LogP contribution in [-0.4, -0.2) is 41.6 Å². The number of methoxy groups -OCH3 is 1. The molecule has 2 rings (SSSR count). The van der Waals surface area contributed by atoms with Gasteiger partial charge in [0.2, 0.25) is 5.91 Å². The number of nitrogens with one attached hydrogen (secondary N) is 2. The molecule has 0 aliphatic heterocycles. The molecule has 0 fully saturated rings. The standard InChI is InChI=1S/C19H25N3O6/c1-28-17-11-14(22(26)27)7-8-15(17)21-18(23)12-16(19(24)25)20-10-9-13-5-3-2-4-6-13/h5,7-8,11,16,20H,2-4,6,9-10,12H2,1H3,(H,21,23)(H,24,25). The molecule has 1 unspecified atom stereocenters. The van der Waals surface area contributed by atoms with Gasteiger partial charge in [-0.15, -0.1) is 0 Å². The fraction of sp³-hybridized carbons (Fsp3) is 0.474. The highest BCUT2D eigenvalue weighted by Crippen LogP contribution is 2.29. The number of anilines is 1. The Morgan fingerprint density at radius 1 is 1.36 bits per heavy atom. The van der Waals surface area contributed by atoms with Crippen molar-refractivity contribution in [2.75, 3.05) is 19.0 Å². The summed E-state index contributed by atoms with van der Waals surface area (Å²) in [6, 6.07) is 2.77. The van der Waals surface area contributed by atoms with Crippen LogP contribution < -0.4 is 15.4 Å². The lowest BCUT2D eigenvalue weighted by molar-refractivity contribution is -0.384. The number of hydrogen-bond acceptors (Lipinski definition) is 6. The summed E-state index contributed by atoms with van der Waals surface area (Å²) >= 11 is 0. The number of hydrogen-bond donors (Lipinski definition) is 3. The summed E-state index contributed by atoms with van der Waals surface area (Å²) in [7, 11) is 1.33. The third-order valence-corrected chi connectivity index (χ3v) is 4.58. The van der Waals surface area contributed by atoms with Crippen LogP contribution in [0.15, 0.2) is 29.8 Å². The zero-order valence-corrected chi connectivity index (χ0v) is 15.8. The van der Waals surface area contributed by atoms with Crippen molar-refractivity contribution in [3.05, 3.63) is 40.0 Å². The van der Waals surface area contributed by atoms with Crippen LogP contribution in [0.4, 0.5) is 11.4 Å². The van der Waals surface area contributed by atoms with Gasteiger partial charge in [-0.25, -0.2) is 0 Å². The van der Waals surface area contributed by atoms with Gasteiger partial charge in [0, 0.05) is 6.07 Å². The molecule has 0 spiro atoms. The van der Waals surface area contributed by atoms with Gasteiger partial charge in [-0.2, -0.15) is 0 Å². The highest BCUT2D eigenvalue weighted by atomic mass is 16.6. The van der Waals surface area contributed by atoms with Gasteiger partial charge < -0.3 is 20.5 Å². The molecule has 0 saturated heterocycles. The largest absolute Gasteiger partial charge is 0.494 e. The van der Waals surface area contributed by atoms with Crippen LogP contribution in [-0.2, 0) is 9.59 Å². The first-order valence-corrected chi connectivity index (χ1v) is 9.17. The summed E-state index contributed by atoms with van der Waals surface area (Å²) in [6.45, 7) is 0.483. The van der Waals surface area contributed by atoms with Crippen molar-refractivity contribution < 1.29 is 24.4 Å². The first kappa shape index (κ1) is 21.4. The predicted molar refractivity (Wildman–Crippen MR) is 103 cm³/mol. The number of nitro benzene ring substituents is 1. The number of benzene rings is 1. The minimum atomic E-state index is -1.11. The average Bonchev–Trinajstić information content (AvgIpc) is 2.68. The van der Waals surface area contributed by atoms with Gasteiger partial charge in [0.05, 0.1) is 30.2 Å². The van der Waals surface area contributed by atoms with Crippen LogP contribution >= 0.6 is 0 Å². The molecule has 0 saturated carbocycles. The van der Waals surface area contributed by atoms with Crippen molar-refractivity contribution in [1.82, 2.24) is 5.32 Å². The van der Waals surface area contributed by atoms with Crippen molar-refractivity contribution in [1.29, 1.82) is 0 Å². The van der Waals surface area contributed by atoms with E-state index in [1.54, 1.807) is 0 Å². The van der Waals surface area contributed by atoms with Crippen LogP contribution in [0.5, 0.6) is 5.75 Å². The van der Waals surface area contributed by atoms with Crippen LogP contribution in [0, 0.1) is 10.1 Å². The highest BCUT2D eigenvalue weighted by molar-refractivity contribution is 5.95. The Hall–Kier alpha value is -2.94. The van der Waals surface area contributed by atoms with Gasteiger partial charge in [-0.05, 0) is 44.7 Å². The first-order valence-electron chi connectivity index (χ1n) is 9.17. The quantitative estimate of drug-likeness (QED) is 0.317. The molecule has 1 aliphatic rings. The van der Waals surface area contributed by atoms with Crippen molar-refractivity contribution in [2.45, 2.75) is 44.6 Å². The van der Waals surface area contributed by atoms with Crippen molar-refractivity contribution >= 4 is 23.3 Å². The molecule has 152 valence electrons. The molecule has 0 bridgehead atoms. The third-order valence-electron chi connectivity index (χ3n) is 4.58. The van der Waals surface area contributed by atoms with E-state index in [-0.39, 0.29) is 23.5 Å². The Labute approximate surface area is 162 Å². The molecule has 1 amide bonds. The van der Waals surface area contributed by atoms with Crippen LogP contribution in [0.25, 0.3) is 0 Å². The van der Waals surface area contributed by atoms with E-state index in [2.05, 4.69) is 16.7 Å². The number of allylic oxidation sites excluding steroid dienone is 1. The van der Waals surface area contributed by atoms with E-state index in [1.165, 1.54) is 37.3 Å². The Bertz CT molecular complexity index is 762. The molecule has 1 atom stereocenters. The highest BCUT2D eigenvalue weighted by Gasteiger charge is 2.22. The number of rotatable bonds is 10. The van der Waals surface area contributed by atoms with E-state index in [4.69, 9.17) is 4.74 Å². The fourth-order valence-corrected chi connectivity index (χ4v) is 3.07. The second kappa shape index (κ2) is 10.4. The van der Waals surface area contributed by atoms with Gasteiger partial charge in [0.25, 0.3) is 5.69 Å². The topological polar surface area (TPSA) is 131 Å². The molecule has 9 heteroatoms. The predicted octanol–water partition coefficient (Wildman–Crippen LogP) is 2.87. The van der Waals surface area contributed by atoms with E-state index < -0.39 is 22.8 Å². The summed E-state index contributed by atoms with van der Waals surface area (Å²) in [5.41, 5.74) is 1.40. The average molecular weight is 391 g/mol. The lowest BCUT2D eigenvalue weighted by Gasteiger charge is -2.17. The number of aliphatic carboxylic acids is 1. The number of carbonyl (C=O) groups is 2. The minimum absolute atomic E-state index is 0.131. The van der Waals surface area contributed by atoms with E-state index >= 15 is 0 Å². The maximum atomic E-state index is 12.3. The SMILES string of the molecule is COc1cc([N+](=O)[O-])ccc1NC(=O)CC(NCCC1=CCCCC1)C(=O)O. The molecule has 0 radical (unpaired) electrons. The molecule has 28 heavy (non-hydrogen) atoms. The maximum absolute atomic E-state index is 12.3. The van der Waals surface area contributed by atoms with Gasteiger partial charge >= 0.3 is 5.97 Å². The summed E-state index contributed by atoms with van der Waals surface area (Å²) in [6.07, 6.45) is 7.16. The third kappa shape index (κ3) is 6.34. The molecular weight excluding hydrogens is 366 g/mol. The summed E-state index contributed by atoms with van der Waals surface area (Å²) in [5, 5.41) is 25.7. The van der Waals surface area contributed by atoms with Gasteiger partial charge in [-0.1, -0.05) is 11.6 Å². The number of nitrogens with zero attached hydrogens (tertiary/aromatic N) is 1. The molecule has 3 N–H and O–H groups in total. The summed E-state index contributed by atoms with van der Waals surface area (Å²) in [4.78, 5) is 34.0. The molecule has 0 heterocycles. The number of nitro groups is 1. The minimum Gasteiger partial charge on any atom is -0.494 e. The second-order valence-electron chi connectivity index (χ2n) is 6.60. The number of carboxylic acid groups (broad SMARTS) is 1. The molecule has 0 aromatic heterocycles. The number of non-ortho nitro benzene ring substituents is 1. The molecule has 9 nitrogen and oxygen atoms in total. The van der Waals surface area contributed by atoms with Crippen molar-refractivity contribution in [3.8, 4) is 5.75 Å². The maximum Gasteiger partial charge on any atom is 0.321 e. The smallest absolute Gasteiger partial charge is 0.321 e. The second-order valence-corrected chi connectivity index (χ2v) is 6.60. The van der Waals surface area contributed by atoms with Gasteiger partial charge in [-0.3, -0.25) is 19.7 Å². The number of carboxylic acids is 1. The molecule has 1 aromatic rings. The molecular formula is C19H25N3O6. The van der Waals surface area contributed by atoms with E-state index in [0.29, 0.717) is 6.54 Å². The number of ether oxygens (including phenoxy) is 1. The Morgan fingerprint density at radius 3 is 2.75 bits per heavy atom. The normalized spacial score (nSPS) is 14.7. The Morgan fingerprint density at radius 2 is 2.14 bits per heavy atom. The van der Waals surface area contributed by atoms with Crippen LogP contribution in [0.1, 0.15) is 38.5 Å². The molecule has 1 aromatic carbocycles. The fourth-order valence-electron chi connectivity index (χ4n) is 3.07. The van der Waals surface area contributed by atoms with Gasteiger partial charge in [0.1, 0.15) is 11.8 Å². The van der Waals surface area contributed by atoms with Crippen LogP contribution in [0.3, 0.4) is 0 Å². The van der Waals surface area contributed by atoms with E-state index in [1.807, 2.05) is 0 Å². The summed E-state index contributed by atoms with van der Waals surface area (Å²) < 4.78 is 5.06. The van der Waals surface area contributed by atoms with Crippen LogP contribution in [0.2, 0.25) is 0 Å². The van der Waals surface area contributed by atoms with Crippen molar-refractivity contribution in [2.24, 2.45) is 0 Å². The lowest BCUT2D eigenvalue weighted by Crippen LogP contribution is -2.40. The molecule has 1 aliphatic carbocycles. The van der Waals surface area contributed by atoms with Gasteiger partial charge in [0.15, 0.2) is 0 Å². The van der Waals surface area contributed by atoms with E-state index in [0.717, 1.165) is 25.7 Å². The monoisotopic (exact) mass is 391 g/mol. The Balaban J connectivity index is 1.92.